The number of hydrogen-bond donors (Lipinski definition) is 3. The molecule has 0 radical (unpaired) electrons. The molecule has 1 aromatic rings. The highest BCUT2D eigenvalue weighted by Gasteiger charge is 2.04. The zero-order valence-electron chi connectivity index (χ0n) is 7.23. The summed E-state index contributed by atoms with van der Waals surface area (Å²) in [5.41, 5.74) is 4.39. The number of amides is 1. The molecule has 0 aliphatic rings. The first kappa shape index (κ1) is 11.6. The summed E-state index contributed by atoms with van der Waals surface area (Å²) >= 11 is 1.44. The van der Waals surface area contributed by atoms with Gasteiger partial charge in [-0.3, -0.25) is 10.2 Å². The van der Waals surface area contributed by atoms with Crippen LogP contribution in [-0.2, 0) is 4.79 Å². The molecular weight excluding hydrogens is 188 g/mol. The van der Waals surface area contributed by atoms with Gasteiger partial charge in [-0.15, -0.1) is 11.3 Å². The van der Waals surface area contributed by atoms with Crippen LogP contribution in [0.25, 0.3) is 0 Å². The Bertz CT molecular complexity index is 259. The van der Waals surface area contributed by atoms with Crippen LogP contribution in [-0.4, -0.2) is 12.2 Å². The van der Waals surface area contributed by atoms with Crippen LogP contribution in [0.5, 0.6) is 0 Å². The molecule has 0 aliphatic heterocycles. The van der Waals surface area contributed by atoms with E-state index in [9.17, 15) is 4.79 Å². The van der Waals surface area contributed by atoms with Crippen LogP contribution in [0.1, 0.15) is 6.92 Å². The summed E-state index contributed by atoms with van der Waals surface area (Å²) in [6.07, 6.45) is 0.750. The van der Waals surface area contributed by atoms with Crippen LogP contribution >= 0.6 is 11.3 Å². The van der Waals surface area contributed by atoms with Crippen LogP contribution in [0, 0.1) is 5.41 Å². The molecule has 0 aliphatic carbocycles. The van der Waals surface area contributed by atoms with Crippen molar-refractivity contribution in [3.05, 3.63) is 17.5 Å². The quantitative estimate of drug-likeness (QED) is 0.203. The molecule has 6 heteroatoms. The second-order valence-corrected chi connectivity index (χ2v) is 2.93. The third-order valence-electron chi connectivity index (χ3n) is 1.08. The van der Waals surface area contributed by atoms with Crippen molar-refractivity contribution in [2.75, 3.05) is 5.01 Å². The first-order valence-electron chi connectivity index (χ1n) is 3.43. The molecule has 1 amide bonds. The summed E-state index contributed by atoms with van der Waals surface area (Å²) in [6.45, 7) is 1.43. The van der Waals surface area contributed by atoms with Crippen LogP contribution < -0.4 is 16.6 Å². The number of hydrazine groups is 1. The zero-order valence-corrected chi connectivity index (χ0v) is 8.04. The smallest absolute Gasteiger partial charge is 0.238 e. The van der Waals surface area contributed by atoms with Gasteiger partial charge in [-0.25, -0.2) is 10.9 Å². The lowest BCUT2D eigenvalue weighted by Crippen LogP contribution is -2.34. The normalized spacial score (nSPS) is 8.15. The fourth-order valence-electron chi connectivity index (χ4n) is 0.562. The summed E-state index contributed by atoms with van der Waals surface area (Å²) in [5.74, 6) is 5.23. The van der Waals surface area contributed by atoms with E-state index in [0.717, 1.165) is 16.3 Å². The third kappa shape index (κ3) is 4.24. The molecule has 0 bridgehead atoms. The molecule has 5 nitrogen and oxygen atoms in total. The highest BCUT2D eigenvalue weighted by Crippen LogP contribution is 2.17. The largest absolute Gasteiger partial charge is 0.390 e. The lowest BCUT2D eigenvalue weighted by atomic mass is 10.6. The van der Waals surface area contributed by atoms with E-state index in [1.165, 1.54) is 18.3 Å². The molecule has 1 rings (SSSR count). The van der Waals surface area contributed by atoms with E-state index in [1.807, 2.05) is 11.4 Å². The molecule has 0 spiro atoms. The van der Waals surface area contributed by atoms with E-state index in [0.29, 0.717) is 0 Å². The van der Waals surface area contributed by atoms with Gasteiger partial charge >= 0.3 is 0 Å². The maximum absolute atomic E-state index is 10.6. The number of carbonyl (C=O) groups is 1. The maximum atomic E-state index is 10.6. The van der Waals surface area contributed by atoms with Gasteiger partial charge in [0.25, 0.3) is 0 Å². The molecule has 0 unspecified atom stereocenters. The van der Waals surface area contributed by atoms with Crippen molar-refractivity contribution in [2.24, 2.45) is 11.6 Å². The van der Waals surface area contributed by atoms with Gasteiger partial charge in [0.1, 0.15) is 5.00 Å². The molecule has 1 aromatic heterocycles. The Morgan fingerprint density at radius 1 is 1.77 bits per heavy atom. The van der Waals surface area contributed by atoms with E-state index in [-0.39, 0.29) is 5.91 Å². The molecule has 0 aromatic carbocycles. The lowest BCUT2D eigenvalue weighted by Gasteiger charge is -2.09. The van der Waals surface area contributed by atoms with Gasteiger partial charge in [0.05, 0.1) is 6.34 Å². The fourth-order valence-corrected chi connectivity index (χ4v) is 1.26. The minimum atomic E-state index is -0.151. The minimum absolute atomic E-state index is 0.151. The van der Waals surface area contributed by atoms with Crippen molar-refractivity contribution in [1.82, 2.24) is 0 Å². The Kier molecular flexibility index (Phi) is 5.49. The molecule has 0 atom stereocenters. The standard InChI is InChI=1S/C6H8N2OS.CH4N2/c1-5(9)8(7)6-3-2-4-10-6;2-1-3/h2-4H,7H2,1H3;1H,(H3,2,3). The highest BCUT2D eigenvalue weighted by atomic mass is 32.1. The molecule has 0 saturated heterocycles. The van der Waals surface area contributed by atoms with E-state index in [1.54, 1.807) is 6.07 Å². The maximum Gasteiger partial charge on any atom is 0.238 e. The zero-order chi connectivity index (χ0) is 10.3. The number of nitrogens with one attached hydrogen (secondary N) is 1. The van der Waals surface area contributed by atoms with Gasteiger partial charge in [0.2, 0.25) is 5.91 Å². The Morgan fingerprint density at radius 2 is 2.31 bits per heavy atom. The number of nitrogens with zero attached hydrogens (tertiary/aromatic N) is 1. The fraction of sp³-hybridized carbons (Fsp3) is 0.143. The number of hydrogen-bond acceptors (Lipinski definition) is 4. The third-order valence-corrected chi connectivity index (χ3v) is 1.95. The van der Waals surface area contributed by atoms with Crippen molar-refractivity contribution < 1.29 is 4.79 Å². The van der Waals surface area contributed by atoms with E-state index < -0.39 is 0 Å². The summed E-state index contributed by atoms with van der Waals surface area (Å²) in [7, 11) is 0. The van der Waals surface area contributed by atoms with Crippen molar-refractivity contribution in [3.63, 3.8) is 0 Å². The molecule has 13 heavy (non-hydrogen) atoms. The summed E-state index contributed by atoms with van der Waals surface area (Å²) < 4.78 is 0. The average molecular weight is 200 g/mol. The summed E-state index contributed by atoms with van der Waals surface area (Å²) in [5, 5.41) is 9.63. The average Bonchev–Trinajstić information content (AvgIpc) is 2.56. The lowest BCUT2D eigenvalue weighted by molar-refractivity contribution is -0.116. The molecule has 5 N–H and O–H groups in total. The predicted molar refractivity (Wildman–Crippen MR) is 54.6 cm³/mol. The monoisotopic (exact) mass is 200 g/mol. The van der Waals surface area contributed by atoms with E-state index >= 15 is 0 Å². The first-order chi connectivity index (χ1) is 6.13. The van der Waals surface area contributed by atoms with Crippen molar-refractivity contribution in [2.45, 2.75) is 6.92 Å². The second kappa shape index (κ2) is 6.15. The van der Waals surface area contributed by atoms with Crippen molar-refractivity contribution in [3.8, 4) is 0 Å². The van der Waals surface area contributed by atoms with Gasteiger partial charge in [-0.2, -0.15) is 0 Å². The number of anilines is 1. The summed E-state index contributed by atoms with van der Waals surface area (Å²) in [4.78, 5) is 10.6. The van der Waals surface area contributed by atoms with Gasteiger partial charge in [-0.1, -0.05) is 0 Å². The predicted octanol–water partition coefficient (Wildman–Crippen LogP) is 0.527. The van der Waals surface area contributed by atoms with Crippen molar-refractivity contribution in [1.29, 1.82) is 5.41 Å². The van der Waals surface area contributed by atoms with Crippen LogP contribution in [0.2, 0.25) is 0 Å². The number of rotatable bonds is 1. The number of carbonyl (C=O) groups excluding carboxylic acids is 1. The topological polar surface area (TPSA) is 96.2 Å². The second-order valence-electron chi connectivity index (χ2n) is 2.01. The van der Waals surface area contributed by atoms with E-state index in [4.69, 9.17) is 11.3 Å². The van der Waals surface area contributed by atoms with Crippen LogP contribution in [0.3, 0.4) is 0 Å². The summed E-state index contributed by atoms with van der Waals surface area (Å²) in [6, 6.07) is 3.65. The molecule has 1 heterocycles. The van der Waals surface area contributed by atoms with Crippen molar-refractivity contribution >= 4 is 28.6 Å². The van der Waals surface area contributed by atoms with Crippen LogP contribution in [0.4, 0.5) is 5.00 Å². The SMILES string of the molecule is CC(=O)N(N)c1cccs1.N=CN. The van der Waals surface area contributed by atoms with Gasteiger partial charge in [-0.05, 0) is 17.5 Å². The van der Waals surface area contributed by atoms with Crippen LogP contribution in [0.15, 0.2) is 17.5 Å². The highest BCUT2D eigenvalue weighted by molar-refractivity contribution is 7.14. The van der Waals surface area contributed by atoms with E-state index in [2.05, 4.69) is 5.73 Å². The van der Waals surface area contributed by atoms with Gasteiger partial charge in [0.15, 0.2) is 0 Å². The van der Waals surface area contributed by atoms with Gasteiger partial charge < -0.3 is 5.73 Å². The Labute approximate surface area is 80.4 Å². The number of thiophene rings is 1. The molecule has 0 saturated carbocycles. The minimum Gasteiger partial charge on any atom is -0.390 e. The molecular formula is C7H12N4OS. The Hall–Kier alpha value is -1.40. The Balaban J connectivity index is 0.000000424. The number of nitrogens with two attached hydrogens (primary N) is 2. The Morgan fingerprint density at radius 3 is 2.62 bits per heavy atom. The van der Waals surface area contributed by atoms with Gasteiger partial charge in [0, 0.05) is 6.92 Å². The molecule has 72 valence electrons. The molecule has 0 fully saturated rings. The first-order valence-corrected chi connectivity index (χ1v) is 4.31.